The van der Waals surface area contributed by atoms with Crippen molar-refractivity contribution in [3.05, 3.63) is 54.1 Å². The van der Waals surface area contributed by atoms with Gasteiger partial charge in [0.1, 0.15) is 11.5 Å². The quantitative estimate of drug-likeness (QED) is 0.365. The Morgan fingerprint density at radius 2 is 2.00 bits per heavy atom. The number of hydrogen-bond acceptors (Lipinski definition) is 5. The number of rotatable bonds is 9. The van der Waals surface area contributed by atoms with E-state index in [1.807, 2.05) is 36.4 Å². The second kappa shape index (κ2) is 12.1. The van der Waals surface area contributed by atoms with E-state index in [9.17, 15) is 0 Å². The molecule has 1 atom stereocenters. The summed E-state index contributed by atoms with van der Waals surface area (Å²) in [5, 5.41) is 6.90. The van der Waals surface area contributed by atoms with Gasteiger partial charge in [-0.2, -0.15) is 0 Å². The topological polar surface area (TPSA) is 67.4 Å². The largest absolute Gasteiger partial charge is 0.497 e. The molecule has 1 aliphatic heterocycles. The van der Waals surface area contributed by atoms with E-state index >= 15 is 0 Å². The van der Waals surface area contributed by atoms with Gasteiger partial charge in [-0.25, -0.2) is 0 Å². The Kier molecular flexibility index (Phi) is 8.84. The van der Waals surface area contributed by atoms with Crippen molar-refractivity contribution in [2.45, 2.75) is 25.5 Å². The molecule has 3 rings (SSSR count). The van der Waals surface area contributed by atoms with Crippen molar-refractivity contribution in [1.82, 2.24) is 10.6 Å². The molecule has 1 aliphatic rings. The summed E-state index contributed by atoms with van der Waals surface area (Å²) in [6.07, 6.45) is 2.25. The van der Waals surface area contributed by atoms with Gasteiger partial charge in [-0.15, -0.1) is 0 Å². The third kappa shape index (κ3) is 6.79. The summed E-state index contributed by atoms with van der Waals surface area (Å²) >= 11 is 0. The van der Waals surface area contributed by atoms with Crippen LogP contribution in [0.1, 0.15) is 18.4 Å². The highest BCUT2D eigenvalue weighted by molar-refractivity contribution is 5.80. The highest BCUT2D eigenvalue weighted by Gasteiger charge is 2.21. The fraction of sp³-hybridized carbons (Fsp3) is 0.458. The first-order valence-electron chi connectivity index (χ1n) is 10.8. The van der Waals surface area contributed by atoms with Crippen LogP contribution < -0.4 is 25.0 Å². The van der Waals surface area contributed by atoms with Gasteiger partial charge in [-0.1, -0.05) is 24.3 Å². The van der Waals surface area contributed by atoms with Crippen LogP contribution in [0, 0.1) is 0 Å². The predicted octanol–water partition coefficient (Wildman–Crippen LogP) is 3.05. The Balaban J connectivity index is 1.42. The van der Waals surface area contributed by atoms with E-state index in [0.29, 0.717) is 25.8 Å². The molecule has 2 aromatic rings. The number of benzene rings is 2. The lowest BCUT2D eigenvalue weighted by molar-refractivity contribution is 0.123. The lowest BCUT2D eigenvalue weighted by Gasteiger charge is -2.35. The van der Waals surface area contributed by atoms with Gasteiger partial charge in [0.15, 0.2) is 5.96 Å². The number of para-hydroxylation sites is 1. The predicted molar refractivity (Wildman–Crippen MR) is 125 cm³/mol. The van der Waals surface area contributed by atoms with Gasteiger partial charge in [0.05, 0.1) is 27.4 Å². The van der Waals surface area contributed by atoms with E-state index in [1.165, 1.54) is 5.69 Å². The molecular formula is C24H34N4O3. The average molecular weight is 427 g/mol. The molecule has 0 aliphatic carbocycles. The minimum Gasteiger partial charge on any atom is -0.497 e. The van der Waals surface area contributed by atoms with Gasteiger partial charge in [0.2, 0.25) is 0 Å². The van der Waals surface area contributed by atoms with E-state index in [0.717, 1.165) is 49.0 Å². The molecule has 1 heterocycles. The summed E-state index contributed by atoms with van der Waals surface area (Å²) in [5.41, 5.74) is 2.24. The minimum atomic E-state index is 0.334. The summed E-state index contributed by atoms with van der Waals surface area (Å²) in [7, 11) is 5.18. The maximum Gasteiger partial charge on any atom is 0.191 e. The minimum absolute atomic E-state index is 0.334. The Morgan fingerprint density at radius 1 is 1.13 bits per heavy atom. The number of aliphatic imine (C=N–C) groups is 1. The molecule has 31 heavy (non-hydrogen) atoms. The number of nitrogens with zero attached hydrogens (tertiary/aromatic N) is 2. The molecule has 1 saturated heterocycles. The fourth-order valence-corrected chi connectivity index (χ4v) is 3.77. The molecule has 7 heteroatoms. The second-order valence-electron chi connectivity index (χ2n) is 7.49. The number of guanidine groups is 1. The Labute approximate surface area is 185 Å². The fourth-order valence-electron chi connectivity index (χ4n) is 3.77. The zero-order valence-electron chi connectivity index (χ0n) is 18.8. The average Bonchev–Trinajstić information content (AvgIpc) is 2.83. The molecule has 0 bridgehead atoms. The van der Waals surface area contributed by atoms with Gasteiger partial charge in [0, 0.05) is 50.0 Å². The molecule has 1 fully saturated rings. The number of methoxy groups -OCH3 is 2. The smallest absolute Gasteiger partial charge is 0.191 e. The Bertz CT molecular complexity index is 843. The summed E-state index contributed by atoms with van der Waals surface area (Å²) in [4.78, 5) is 6.77. The van der Waals surface area contributed by atoms with Gasteiger partial charge in [0.25, 0.3) is 0 Å². The molecule has 2 aromatic carbocycles. The van der Waals surface area contributed by atoms with E-state index < -0.39 is 0 Å². The first kappa shape index (κ1) is 22.7. The molecule has 7 nitrogen and oxygen atoms in total. The van der Waals surface area contributed by atoms with E-state index in [-0.39, 0.29) is 0 Å². The Morgan fingerprint density at radius 3 is 2.81 bits per heavy atom. The van der Waals surface area contributed by atoms with Crippen molar-refractivity contribution < 1.29 is 14.2 Å². The van der Waals surface area contributed by atoms with Crippen molar-refractivity contribution in [3.63, 3.8) is 0 Å². The highest BCUT2D eigenvalue weighted by Crippen LogP contribution is 2.24. The van der Waals surface area contributed by atoms with Crippen LogP contribution in [0.2, 0.25) is 0 Å². The van der Waals surface area contributed by atoms with Crippen LogP contribution in [0.5, 0.6) is 11.5 Å². The van der Waals surface area contributed by atoms with Crippen LogP contribution in [-0.4, -0.2) is 59.5 Å². The van der Waals surface area contributed by atoms with E-state index in [2.05, 4.69) is 32.7 Å². The number of ether oxygens (including phenoxy) is 3. The van der Waals surface area contributed by atoms with Crippen LogP contribution in [0.25, 0.3) is 0 Å². The number of hydrogen-bond donors (Lipinski definition) is 2. The van der Waals surface area contributed by atoms with E-state index in [4.69, 9.17) is 14.2 Å². The Hall–Kier alpha value is -2.93. The number of anilines is 1. The SMILES string of the molecule is CN=C(NCCOCc1ccccc1OC)NC1CCCN(c2cccc(OC)c2)C1. The summed E-state index contributed by atoms with van der Waals surface area (Å²) in [6, 6.07) is 16.5. The van der Waals surface area contributed by atoms with Crippen LogP contribution >= 0.6 is 0 Å². The zero-order chi connectivity index (χ0) is 21.9. The standard InChI is InChI=1S/C24H34N4O3/c1-25-24(26-13-15-31-18-19-8-4-5-12-23(19)30-3)27-20-9-7-14-28(17-20)21-10-6-11-22(16-21)29-2/h4-6,8,10-12,16,20H,7,9,13-15,17-18H2,1-3H3,(H2,25,26,27). The summed E-state index contributed by atoms with van der Waals surface area (Å²) in [5.74, 6) is 2.54. The lowest BCUT2D eigenvalue weighted by Crippen LogP contribution is -2.51. The van der Waals surface area contributed by atoms with Gasteiger partial charge in [-0.05, 0) is 31.0 Å². The zero-order valence-corrected chi connectivity index (χ0v) is 18.8. The van der Waals surface area contributed by atoms with Gasteiger partial charge < -0.3 is 29.7 Å². The summed E-state index contributed by atoms with van der Waals surface area (Å²) < 4.78 is 16.5. The number of nitrogens with one attached hydrogen (secondary N) is 2. The number of piperidine rings is 1. The van der Waals surface area contributed by atoms with E-state index in [1.54, 1.807) is 21.3 Å². The van der Waals surface area contributed by atoms with Crippen LogP contribution in [0.15, 0.2) is 53.5 Å². The van der Waals surface area contributed by atoms with Crippen molar-refractivity contribution >= 4 is 11.6 Å². The third-order valence-electron chi connectivity index (χ3n) is 5.39. The van der Waals surface area contributed by atoms with Crippen molar-refractivity contribution in [2.75, 3.05) is 52.4 Å². The molecule has 0 radical (unpaired) electrons. The normalized spacial score (nSPS) is 16.7. The third-order valence-corrected chi connectivity index (χ3v) is 5.39. The van der Waals surface area contributed by atoms with Crippen molar-refractivity contribution in [2.24, 2.45) is 4.99 Å². The molecule has 0 saturated carbocycles. The lowest BCUT2D eigenvalue weighted by atomic mass is 10.0. The maximum atomic E-state index is 5.80. The van der Waals surface area contributed by atoms with Crippen molar-refractivity contribution in [1.29, 1.82) is 0 Å². The molecule has 168 valence electrons. The van der Waals surface area contributed by atoms with Crippen LogP contribution in [-0.2, 0) is 11.3 Å². The molecule has 1 unspecified atom stereocenters. The molecule has 0 amide bonds. The maximum absolute atomic E-state index is 5.80. The molecule has 2 N–H and O–H groups in total. The van der Waals surface area contributed by atoms with Crippen molar-refractivity contribution in [3.8, 4) is 11.5 Å². The monoisotopic (exact) mass is 426 g/mol. The second-order valence-corrected chi connectivity index (χ2v) is 7.49. The van der Waals surface area contributed by atoms with Gasteiger partial charge >= 0.3 is 0 Å². The summed E-state index contributed by atoms with van der Waals surface area (Å²) in [6.45, 7) is 3.77. The van der Waals surface area contributed by atoms with Crippen LogP contribution in [0.3, 0.4) is 0 Å². The first-order chi connectivity index (χ1) is 15.2. The van der Waals surface area contributed by atoms with Gasteiger partial charge in [-0.3, -0.25) is 4.99 Å². The molecule has 0 spiro atoms. The van der Waals surface area contributed by atoms with Crippen LogP contribution in [0.4, 0.5) is 5.69 Å². The molecular weight excluding hydrogens is 392 g/mol. The molecule has 0 aromatic heterocycles. The highest BCUT2D eigenvalue weighted by atomic mass is 16.5. The first-order valence-corrected chi connectivity index (χ1v) is 10.8.